The first-order valence-corrected chi connectivity index (χ1v) is 8.19. The van der Waals surface area contributed by atoms with Gasteiger partial charge in [0.2, 0.25) is 0 Å². The van der Waals surface area contributed by atoms with Crippen molar-refractivity contribution in [2.24, 2.45) is 0 Å². The van der Waals surface area contributed by atoms with Crippen molar-refractivity contribution >= 4 is 5.97 Å². The monoisotopic (exact) mass is 393 g/mol. The second-order valence-electron chi connectivity index (χ2n) is 6.14. The van der Waals surface area contributed by atoms with Crippen LogP contribution in [-0.2, 0) is 17.5 Å². The molecule has 9 heteroatoms. The lowest BCUT2D eigenvalue weighted by atomic mass is 10.1. The molecule has 0 saturated heterocycles. The quantitative estimate of drug-likeness (QED) is 0.487. The minimum absolute atomic E-state index is 0.104. The second kappa shape index (κ2) is 7.41. The summed E-state index contributed by atoms with van der Waals surface area (Å²) in [5.74, 6) is -1.27. The molecule has 0 spiro atoms. The summed E-state index contributed by atoms with van der Waals surface area (Å²) in [5.41, 5.74) is 0.413. The van der Waals surface area contributed by atoms with E-state index in [-0.39, 0.29) is 17.9 Å². The van der Waals surface area contributed by atoms with Crippen LogP contribution in [0, 0.1) is 19.7 Å². The first-order valence-electron chi connectivity index (χ1n) is 8.19. The number of nitrogens with zero attached hydrogens (tertiary/aromatic N) is 3. The minimum Gasteiger partial charge on any atom is -0.456 e. The molecule has 0 amide bonds. The SMILES string of the molecule is Cc1ccc(-n2nnc(C(=O)OCc3cccc(C(F)(F)F)c3)c2C)cc1F. The van der Waals surface area contributed by atoms with Crippen LogP contribution in [0.3, 0.4) is 0 Å². The van der Waals surface area contributed by atoms with E-state index in [0.29, 0.717) is 16.9 Å². The molecule has 3 aromatic rings. The third-order valence-corrected chi connectivity index (χ3v) is 4.11. The van der Waals surface area contributed by atoms with Crippen molar-refractivity contribution in [1.29, 1.82) is 0 Å². The Morgan fingerprint density at radius 3 is 2.57 bits per heavy atom. The maximum atomic E-state index is 13.8. The van der Waals surface area contributed by atoms with E-state index in [0.717, 1.165) is 12.1 Å². The van der Waals surface area contributed by atoms with Crippen LogP contribution in [0.1, 0.15) is 32.9 Å². The van der Waals surface area contributed by atoms with Gasteiger partial charge in [0, 0.05) is 0 Å². The predicted molar refractivity (Wildman–Crippen MR) is 91.4 cm³/mol. The van der Waals surface area contributed by atoms with Crippen LogP contribution in [0.15, 0.2) is 42.5 Å². The van der Waals surface area contributed by atoms with E-state index in [2.05, 4.69) is 10.3 Å². The summed E-state index contributed by atoms with van der Waals surface area (Å²) in [6.07, 6.45) is -4.48. The van der Waals surface area contributed by atoms with Gasteiger partial charge in [-0.15, -0.1) is 5.10 Å². The highest BCUT2D eigenvalue weighted by atomic mass is 19.4. The van der Waals surface area contributed by atoms with Gasteiger partial charge in [-0.1, -0.05) is 23.4 Å². The Labute approximate surface area is 157 Å². The van der Waals surface area contributed by atoms with Gasteiger partial charge in [0.1, 0.15) is 12.4 Å². The molecule has 0 radical (unpaired) electrons. The summed E-state index contributed by atoms with van der Waals surface area (Å²) >= 11 is 0. The summed E-state index contributed by atoms with van der Waals surface area (Å²) < 4.78 is 58.3. The van der Waals surface area contributed by atoms with E-state index < -0.39 is 23.5 Å². The number of rotatable bonds is 4. The first kappa shape index (κ1) is 19.5. The fourth-order valence-electron chi connectivity index (χ4n) is 2.53. The van der Waals surface area contributed by atoms with Crippen LogP contribution in [0.25, 0.3) is 5.69 Å². The van der Waals surface area contributed by atoms with Crippen LogP contribution in [0.4, 0.5) is 17.6 Å². The largest absolute Gasteiger partial charge is 0.456 e. The number of ether oxygens (including phenoxy) is 1. The topological polar surface area (TPSA) is 57.0 Å². The van der Waals surface area contributed by atoms with Gasteiger partial charge in [0.05, 0.1) is 16.9 Å². The van der Waals surface area contributed by atoms with E-state index in [1.165, 1.54) is 22.9 Å². The molecule has 0 N–H and O–H groups in total. The van der Waals surface area contributed by atoms with Crippen LogP contribution >= 0.6 is 0 Å². The Morgan fingerprint density at radius 1 is 1.14 bits per heavy atom. The van der Waals surface area contributed by atoms with Gasteiger partial charge in [0.15, 0.2) is 5.69 Å². The number of halogens is 4. The number of benzene rings is 2. The van der Waals surface area contributed by atoms with Crippen LogP contribution in [0.5, 0.6) is 0 Å². The smallest absolute Gasteiger partial charge is 0.416 e. The van der Waals surface area contributed by atoms with Crippen molar-refractivity contribution in [1.82, 2.24) is 15.0 Å². The maximum absolute atomic E-state index is 13.8. The van der Waals surface area contributed by atoms with Gasteiger partial charge >= 0.3 is 12.1 Å². The summed E-state index contributed by atoms with van der Waals surface area (Å²) in [7, 11) is 0. The van der Waals surface area contributed by atoms with Gasteiger partial charge in [-0.2, -0.15) is 13.2 Å². The molecule has 1 aromatic heterocycles. The molecule has 1 heterocycles. The molecular weight excluding hydrogens is 378 g/mol. The number of alkyl halides is 3. The molecule has 0 bridgehead atoms. The van der Waals surface area contributed by atoms with Gasteiger partial charge in [-0.25, -0.2) is 13.9 Å². The van der Waals surface area contributed by atoms with Crippen molar-refractivity contribution in [3.05, 3.63) is 76.4 Å². The summed E-state index contributed by atoms with van der Waals surface area (Å²) in [6.45, 7) is 2.82. The number of aromatic nitrogens is 3. The van der Waals surface area contributed by atoms with Crippen molar-refractivity contribution < 1.29 is 27.1 Å². The molecule has 0 unspecified atom stereocenters. The highest BCUT2D eigenvalue weighted by Crippen LogP contribution is 2.29. The van der Waals surface area contributed by atoms with E-state index in [1.807, 2.05) is 0 Å². The van der Waals surface area contributed by atoms with Crippen LogP contribution < -0.4 is 0 Å². The zero-order valence-corrected chi connectivity index (χ0v) is 14.9. The Kier molecular flexibility index (Phi) is 5.17. The number of hydrogen-bond acceptors (Lipinski definition) is 4. The third-order valence-electron chi connectivity index (χ3n) is 4.11. The van der Waals surface area contributed by atoms with E-state index >= 15 is 0 Å². The summed E-state index contributed by atoms with van der Waals surface area (Å²) in [5, 5.41) is 7.58. The minimum atomic E-state index is -4.48. The Morgan fingerprint density at radius 2 is 1.89 bits per heavy atom. The highest BCUT2D eigenvalue weighted by Gasteiger charge is 2.30. The molecule has 0 atom stereocenters. The Balaban J connectivity index is 1.75. The lowest BCUT2D eigenvalue weighted by Gasteiger charge is -2.09. The first-order chi connectivity index (χ1) is 13.2. The molecule has 0 saturated carbocycles. The Bertz CT molecular complexity index is 1030. The van der Waals surface area contributed by atoms with Crippen molar-refractivity contribution in [3.63, 3.8) is 0 Å². The maximum Gasteiger partial charge on any atom is 0.416 e. The zero-order valence-electron chi connectivity index (χ0n) is 14.9. The fourth-order valence-corrected chi connectivity index (χ4v) is 2.53. The average molecular weight is 393 g/mol. The fraction of sp³-hybridized carbons (Fsp3) is 0.211. The zero-order chi connectivity index (χ0) is 20.5. The molecular formula is C19H15F4N3O2. The van der Waals surface area contributed by atoms with E-state index in [9.17, 15) is 22.4 Å². The number of carbonyl (C=O) groups excluding carboxylic acids is 1. The van der Waals surface area contributed by atoms with Gasteiger partial charge in [0.25, 0.3) is 0 Å². The van der Waals surface area contributed by atoms with Gasteiger partial charge < -0.3 is 4.74 Å². The molecule has 0 aliphatic rings. The normalized spacial score (nSPS) is 11.5. The number of esters is 1. The third kappa shape index (κ3) is 4.03. The number of hydrogen-bond donors (Lipinski definition) is 0. The van der Waals surface area contributed by atoms with Crippen molar-refractivity contribution in [2.45, 2.75) is 26.6 Å². The molecule has 3 rings (SSSR count). The molecule has 0 aliphatic carbocycles. The molecule has 2 aromatic carbocycles. The van der Waals surface area contributed by atoms with Crippen LogP contribution in [0.2, 0.25) is 0 Å². The van der Waals surface area contributed by atoms with E-state index in [4.69, 9.17) is 4.74 Å². The Hall–Kier alpha value is -3.23. The van der Waals surface area contributed by atoms with Gasteiger partial charge in [-0.05, 0) is 49.2 Å². The van der Waals surface area contributed by atoms with Crippen molar-refractivity contribution in [3.8, 4) is 5.69 Å². The van der Waals surface area contributed by atoms with Crippen LogP contribution in [-0.4, -0.2) is 21.0 Å². The number of carbonyl (C=O) groups is 1. The number of aryl methyl sites for hydroxylation is 1. The summed E-state index contributed by atoms with van der Waals surface area (Å²) in [6, 6.07) is 8.94. The van der Waals surface area contributed by atoms with Gasteiger partial charge in [-0.3, -0.25) is 0 Å². The molecule has 5 nitrogen and oxygen atoms in total. The molecule has 28 heavy (non-hydrogen) atoms. The van der Waals surface area contributed by atoms with E-state index in [1.54, 1.807) is 26.0 Å². The molecule has 0 aliphatic heterocycles. The summed E-state index contributed by atoms with van der Waals surface area (Å²) in [4.78, 5) is 12.3. The van der Waals surface area contributed by atoms with Crippen molar-refractivity contribution in [2.75, 3.05) is 0 Å². The predicted octanol–water partition coefficient (Wildman–Crippen LogP) is 4.40. The highest BCUT2D eigenvalue weighted by molar-refractivity contribution is 5.88. The molecule has 0 fully saturated rings. The standard InChI is InChI=1S/C19H15F4N3O2/c1-11-6-7-15(9-16(11)20)26-12(2)17(24-25-26)18(27)28-10-13-4-3-5-14(8-13)19(21,22)23/h3-9H,10H2,1-2H3. The molecule has 146 valence electrons. The lowest BCUT2D eigenvalue weighted by molar-refractivity contribution is -0.137. The second-order valence-corrected chi connectivity index (χ2v) is 6.14. The average Bonchev–Trinajstić information content (AvgIpc) is 3.03. The lowest BCUT2D eigenvalue weighted by Crippen LogP contribution is -2.10.